The number of aromatic nitrogens is 4. The molecule has 0 bridgehead atoms. The lowest BCUT2D eigenvalue weighted by molar-refractivity contribution is -1.29. The zero-order chi connectivity index (χ0) is 21.1. The van der Waals surface area contributed by atoms with Crippen molar-refractivity contribution in [2.45, 2.75) is 40.0 Å². The molecule has 30 heavy (non-hydrogen) atoms. The van der Waals surface area contributed by atoms with Gasteiger partial charge in [0.1, 0.15) is 0 Å². The summed E-state index contributed by atoms with van der Waals surface area (Å²) < 4.78 is 9.40. The molecule has 4 aromatic rings. The third-order valence-corrected chi connectivity index (χ3v) is 5.26. The molecule has 4 aromatic heterocycles. The summed E-state index contributed by atoms with van der Waals surface area (Å²) in [6.07, 6.45) is 9.92. The maximum Gasteiger partial charge on any atom is 0.770 e. The van der Waals surface area contributed by atoms with E-state index >= 15 is 0 Å². The van der Waals surface area contributed by atoms with Crippen molar-refractivity contribution in [3.05, 3.63) is 97.6 Å². The van der Waals surface area contributed by atoms with E-state index in [0.29, 0.717) is 0 Å². The van der Waals surface area contributed by atoms with E-state index in [1.165, 1.54) is 29.2 Å². The molecule has 0 aromatic carbocycles. The van der Waals surface area contributed by atoms with Crippen LogP contribution >= 0.6 is 0 Å². The topological polar surface area (TPSA) is 15.5 Å². The molecule has 0 radical (unpaired) electrons. The Balaban J connectivity index is 0.000000403. The fourth-order valence-corrected chi connectivity index (χ4v) is 4.35. The minimum atomic E-state index is -0.514. The summed E-state index contributed by atoms with van der Waals surface area (Å²) in [7, 11) is 0. The molecule has 0 unspecified atom stereocenters. The Kier molecular flexibility index (Phi) is 5.40. The Morgan fingerprint density at radius 3 is 0.967 bits per heavy atom. The fourth-order valence-electron chi connectivity index (χ4n) is 4.35. The first-order valence-corrected chi connectivity index (χ1v) is 10.9. The van der Waals surface area contributed by atoms with E-state index in [4.69, 9.17) is 0 Å². The predicted octanol–water partition coefficient (Wildman–Crippen LogP) is 3.45. The molecule has 1 spiro atoms. The van der Waals surface area contributed by atoms with Crippen LogP contribution in [0.4, 0.5) is 0 Å². The molecule has 0 saturated carbocycles. The normalized spacial score (nSPS) is 13.1. The molecule has 2 aliphatic heterocycles. The van der Waals surface area contributed by atoms with Crippen LogP contribution in [0.15, 0.2) is 97.6 Å². The molecule has 150 valence electrons. The highest BCUT2D eigenvalue weighted by Gasteiger charge is 2.81. The molecule has 2 aliphatic rings. The first kappa shape index (κ1) is 19.9. The smallest absolute Gasteiger partial charge is 0.0683 e. The number of hydrogen-bond donors (Lipinski definition) is 0. The van der Waals surface area contributed by atoms with E-state index in [9.17, 15) is 0 Å². The van der Waals surface area contributed by atoms with Gasteiger partial charge in [-0.1, -0.05) is 34.1 Å². The SMILES string of the molecule is CC.CCC.c1cc[n+]2c(c1)-c1cccc[n+]1C21[n+]2ccccc2-c2cccc[n+]21. The van der Waals surface area contributed by atoms with Crippen LogP contribution in [0, 0.1) is 0 Å². The summed E-state index contributed by atoms with van der Waals surface area (Å²) in [4.78, 5) is 0. The standard InChI is InChI=1S/C21H16N4.C3H8.C2H6/c1-5-13-22-17(9-1)18-10-2-6-14-23(18)21(22)24-15-7-3-11-19(24)20-12-4-8-16-25(20)21;1-3-2;1-2/h1-16H;3H2,1-2H3;1-2H3/q+4;;. The third kappa shape index (κ3) is 2.60. The molecule has 6 heterocycles. The van der Waals surface area contributed by atoms with Gasteiger partial charge in [0.15, 0.2) is 24.8 Å². The van der Waals surface area contributed by atoms with E-state index in [2.05, 4.69) is 130 Å². The van der Waals surface area contributed by atoms with Gasteiger partial charge in [0.25, 0.3) is 22.8 Å². The van der Waals surface area contributed by atoms with Gasteiger partial charge in [-0.3, -0.25) is 0 Å². The van der Waals surface area contributed by atoms with Crippen LogP contribution in [-0.4, -0.2) is 0 Å². The molecule has 0 aliphatic carbocycles. The lowest BCUT2D eigenvalue weighted by atomic mass is 10.2. The first-order chi connectivity index (χ1) is 14.8. The molecule has 4 nitrogen and oxygen atoms in total. The maximum atomic E-state index is 2.35. The van der Waals surface area contributed by atoms with Gasteiger partial charge in [-0.05, 0) is 24.3 Å². The van der Waals surface area contributed by atoms with E-state index < -0.39 is 5.91 Å². The molecular formula is C26H30N4+4. The van der Waals surface area contributed by atoms with Crippen molar-refractivity contribution in [1.82, 2.24) is 0 Å². The van der Waals surface area contributed by atoms with E-state index in [-0.39, 0.29) is 0 Å². The average molecular weight is 399 g/mol. The van der Waals surface area contributed by atoms with Gasteiger partial charge in [0.05, 0.1) is 0 Å². The molecule has 4 heteroatoms. The first-order valence-electron chi connectivity index (χ1n) is 10.9. The second-order valence-electron chi connectivity index (χ2n) is 7.13. The number of nitrogens with zero attached hydrogens (tertiary/aromatic N) is 4. The van der Waals surface area contributed by atoms with Crippen molar-refractivity contribution in [3.8, 4) is 22.8 Å². The lowest BCUT2D eigenvalue weighted by Gasteiger charge is -2.03. The van der Waals surface area contributed by atoms with Crippen molar-refractivity contribution in [2.75, 3.05) is 0 Å². The number of rotatable bonds is 0. The third-order valence-electron chi connectivity index (χ3n) is 5.26. The minimum absolute atomic E-state index is 0.514. The van der Waals surface area contributed by atoms with Crippen molar-refractivity contribution in [3.63, 3.8) is 0 Å². The number of hydrogen-bond acceptors (Lipinski definition) is 0. The Bertz CT molecular complexity index is 995. The van der Waals surface area contributed by atoms with Crippen molar-refractivity contribution in [1.29, 1.82) is 0 Å². The Morgan fingerprint density at radius 2 is 0.733 bits per heavy atom. The van der Waals surface area contributed by atoms with Crippen molar-refractivity contribution < 1.29 is 18.3 Å². The van der Waals surface area contributed by atoms with Crippen LogP contribution in [0.1, 0.15) is 34.1 Å². The lowest BCUT2D eigenvalue weighted by Crippen LogP contribution is -2.93. The molecular weight excluding hydrogens is 368 g/mol. The van der Waals surface area contributed by atoms with E-state index in [1.54, 1.807) is 0 Å². The zero-order valence-corrected chi connectivity index (χ0v) is 18.2. The Morgan fingerprint density at radius 1 is 0.500 bits per heavy atom. The highest BCUT2D eigenvalue weighted by atomic mass is 15.6. The van der Waals surface area contributed by atoms with Crippen LogP contribution in [-0.2, 0) is 5.91 Å². The van der Waals surface area contributed by atoms with Gasteiger partial charge in [-0.2, -0.15) is 0 Å². The predicted molar refractivity (Wildman–Crippen MR) is 116 cm³/mol. The second kappa shape index (κ2) is 8.15. The Hall–Kier alpha value is -3.40. The van der Waals surface area contributed by atoms with Crippen LogP contribution in [0.3, 0.4) is 0 Å². The van der Waals surface area contributed by atoms with Gasteiger partial charge in [-0.25, -0.2) is 0 Å². The van der Waals surface area contributed by atoms with Gasteiger partial charge in [0.2, 0.25) is 0 Å². The summed E-state index contributed by atoms with van der Waals surface area (Å²) in [5.41, 5.74) is 4.81. The molecule has 0 N–H and O–H groups in total. The van der Waals surface area contributed by atoms with Crippen LogP contribution in [0.5, 0.6) is 0 Å². The molecule has 6 rings (SSSR count). The molecule has 0 amide bonds. The fraction of sp³-hybridized carbons (Fsp3) is 0.231. The van der Waals surface area contributed by atoms with Crippen LogP contribution < -0.4 is 18.3 Å². The van der Waals surface area contributed by atoms with E-state index in [0.717, 1.165) is 0 Å². The summed E-state index contributed by atoms with van der Waals surface area (Å²) >= 11 is 0. The zero-order valence-electron chi connectivity index (χ0n) is 18.2. The molecule has 0 saturated heterocycles. The van der Waals surface area contributed by atoms with Gasteiger partial charge < -0.3 is 0 Å². The second-order valence-corrected chi connectivity index (χ2v) is 7.13. The number of fused-ring (bicyclic) bond motifs is 10. The van der Waals surface area contributed by atoms with Crippen LogP contribution in [0.2, 0.25) is 0 Å². The highest BCUT2D eigenvalue weighted by molar-refractivity contribution is 5.49. The van der Waals surface area contributed by atoms with E-state index in [1.807, 2.05) is 13.8 Å². The minimum Gasteiger partial charge on any atom is -0.0683 e. The Labute approximate surface area is 179 Å². The highest BCUT2D eigenvalue weighted by Crippen LogP contribution is 2.26. The summed E-state index contributed by atoms with van der Waals surface area (Å²) in [6.45, 7) is 8.25. The van der Waals surface area contributed by atoms with Crippen LogP contribution in [0.25, 0.3) is 22.8 Å². The molecule has 0 fully saturated rings. The average Bonchev–Trinajstić information content (AvgIpc) is 3.29. The summed E-state index contributed by atoms with van der Waals surface area (Å²) in [5, 5.41) is 0. The van der Waals surface area contributed by atoms with Gasteiger partial charge in [-0.15, -0.1) is 0 Å². The van der Waals surface area contributed by atoms with Crippen molar-refractivity contribution >= 4 is 0 Å². The van der Waals surface area contributed by atoms with Gasteiger partial charge >= 0.3 is 5.91 Å². The maximum absolute atomic E-state index is 2.35. The monoisotopic (exact) mass is 398 g/mol. The van der Waals surface area contributed by atoms with Gasteiger partial charge in [0, 0.05) is 66.8 Å². The largest absolute Gasteiger partial charge is 0.770 e. The summed E-state index contributed by atoms with van der Waals surface area (Å²) in [5.74, 6) is -0.514. The quantitative estimate of drug-likeness (QED) is 0.348. The number of pyridine rings is 4. The summed E-state index contributed by atoms with van der Waals surface area (Å²) in [6, 6.07) is 25.5. The van der Waals surface area contributed by atoms with Crippen molar-refractivity contribution in [2.24, 2.45) is 0 Å². The molecule has 0 atom stereocenters.